The number of hydrogen-bond acceptors (Lipinski definition) is 5. The highest BCUT2D eigenvalue weighted by molar-refractivity contribution is 7.09. The van der Waals surface area contributed by atoms with Crippen molar-refractivity contribution in [1.82, 2.24) is 10.3 Å². The number of carbonyl (C=O) groups excluding carboxylic acids is 1. The number of carboxylic acids is 1. The number of carbonyl (C=O) groups is 2. The monoisotopic (exact) mass is 270 g/mol. The summed E-state index contributed by atoms with van der Waals surface area (Å²) in [5, 5.41) is 13.5. The van der Waals surface area contributed by atoms with E-state index in [1.165, 1.54) is 18.3 Å². The van der Waals surface area contributed by atoms with E-state index in [4.69, 9.17) is 9.84 Å². The highest BCUT2D eigenvalue weighted by Gasteiger charge is 2.23. The Balaban J connectivity index is 2.00. The van der Waals surface area contributed by atoms with Gasteiger partial charge in [-0.3, -0.25) is 9.59 Å². The molecular weight excluding hydrogens is 256 g/mol. The van der Waals surface area contributed by atoms with Crippen LogP contribution in [0.2, 0.25) is 0 Å². The first-order valence-corrected chi connectivity index (χ1v) is 6.56. The van der Waals surface area contributed by atoms with Gasteiger partial charge in [0.1, 0.15) is 22.8 Å². The molecule has 0 aliphatic carbocycles. The van der Waals surface area contributed by atoms with E-state index >= 15 is 0 Å². The summed E-state index contributed by atoms with van der Waals surface area (Å²) in [7, 11) is 0. The second-order valence-electron chi connectivity index (χ2n) is 4.11. The van der Waals surface area contributed by atoms with Gasteiger partial charge in [0.15, 0.2) is 0 Å². The maximum absolute atomic E-state index is 11.7. The number of hydrogen-bond donors (Lipinski definition) is 2. The average molecular weight is 270 g/mol. The molecule has 98 valence electrons. The fourth-order valence-corrected chi connectivity index (χ4v) is 2.53. The molecule has 1 saturated heterocycles. The van der Waals surface area contributed by atoms with E-state index in [1.807, 2.05) is 0 Å². The van der Waals surface area contributed by atoms with Crippen LogP contribution in [-0.4, -0.2) is 34.6 Å². The molecule has 0 radical (unpaired) electrons. The van der Waals surface area contributed by atoms with Crippen molar-refractivity contribution in [3.05, 3.63) is 16.1 Å². The van der Waals surface area contributed by atoms with Crippen LogP contribution in [0.15, 0.2) is 5.38 Å². The van der Waals surface area contributed by atoms with Crippen LogP contribution < -0.4 is 5.32 Å². The minimum Gasteiger partial charge on any atom is -0.480 e. The Morgan fingerprint density at radius 3 is 3.06 bits per heavy atom. The summed E-state index contributed by atoms with van der Waals surface area (Å²) in [5.74, 6) is -1.54. The smallest absolute Gasteiger partial charge is 0.325 e. The molecular formula is C11H14N2O4S. The summed E-state index contributed by atoms with van der Waals surface area (Å²) in [6.45, 7) is 2.13. The van der Waals surface area contributed by atoms with Crippen molar-refractivity contribution in [2.24, 2.45) is 0 Å². The van der Waals surface area contributed by atoms with Crippen LogP contribution in [0.25, 0.3) is 0 Å². The van der Waals surface area contributed by atoms with Crippen molar-refractivity contribution >= 4 is 23.2 Å². The molecule has 2 heterocycles. The number of aromatic nitrogens is 1. The topological polar surface area (TPSA) is 88.5 Å². The van der Waals surface area contributed by atoms with Gasteiger partial charge in [0.25, 0.3) is 5.91 Å². The molecule has 1 aromatic rings. The molecule has 7 heteroatoms. The predicted octanol–water partition coefficient (Wildman–Crippen LogP) is 1.20. The van der Waals surface area contributed by atoms with Crippen LogP contribution in [0.4, 0.5) is 0 Å². The van der Waals surface area contributed by atoms with Gasteiger partial charge in [-0.25, -0.2) is 4.98 Å². The highest BCUT2D eigenvalue weighted by Crippen LogP contribution is 2.30. The van der Waals surface area contributed by atoms with Gasteiger partial charge in [-0.15, -0.1) is 11.3 Å². The van der Waals surface area contributed by atoms with E-state index in [0.29, 0.717) is 0 Å². The van der Waals surface area contributed by atoms with Crippen molar-refractivity contribution in [3.8, 4) is 0 Å². The second-order valence-corrected chi connectivity index (χ2v) is 5.00. The summed E-state index contributed by atoms with van der Waals surface area (Å²) in [5.41, 5.74) is 0.249. The Hall–Kier alpha value is -1.47. The lowest BCUT2D eigenvalue weighted by atomic mass is 10.2. The number of thiazole rings is 1. The molecule has 18 heavy (non-hydrogen) atoms. The van der Waals surface area contributed by atoms with Crippen LogP contribution >= 0.6 is 11.3 Å². The van der Waals surface area contributed by atoms with Crippen molar-refractivity contribution in [1.29, 1.82) is 0 Å². The van der Waals surface area contributed by atoms with Crippen LogP contribution in [0, 0.1) is 0 Å². The highest BCUT2D eigenvalue weighted by atomic mass is 32.1. The summed E-state index contributed by atoms with van der Waals surface area (Å²) < 4.78 is 5.47. The molecule has 1 unspecified atom stereocenters. The van der Waals surface area contributed by atoms with Gasteiger partial charge in [0.05, 0.1) is 0 Å². The first kappa shape index (κ1) is 13.0. The molecule has 1 amide bonds. The number of nitrogens with zero attached hydrogens (tertiary/aromatic N) is 1. The Kier molecular flexibility index (Phi) is 3.93. The largest absolute Gasteiger partial charge is 0.480 e. The molecule has 1 aliphatic heterocycles. The fourth-order valence-electron chi connectivity index (χ4n) is 1.64. The molecule has 1 aromatic heterocycles. The molecule has 2 atom stereocenters. The summed E-state index contributed by atoms with van der Waals surface area (Å²) in [6.07, 6.45) is 1.90. The molecule has 1 aliphatic rings. The fraction of sp³-hybridized carbons (Fsp3) is 0.545. The molecule has 1 fully saturated rings. The lowest BCUT2D eigenvalue weighted by Crippen LogP contribution is -2.38. The minimum atomic E-state index is -1.07. The van der Waals surface area contributed by atoms with Crippen molar-refractivity contribution < 1.29 is 19.4 Å². The van der Waals surface area contributed by atoms with Crippen LogP contribution in [0.3, 0.4) is 0 Å². The summed E-state index contributed by atoms with van der Waals surface area (Å²) in [6, 6.07) is -0.926. The normalized spacial score (nSPS) is 20.6. The Morgan fingerprint density at radius 2 is 2.44 bits per heavy atom. The molecule has 6 nitrogen and oxygen atoms in total. The van der Waals surface area contributed by atoms with Gasteiger partial charge in [-0.1, -0.05) is 0 Å². The van der Waals surface area contributed by atoms with Gasteiger partial charge >= 0.3 is 5.97 Å². The van der Waals surface area contributed by atoms with E-state index in [-0.39, 0.29) is 11.8 Å². The Labute approximate surface area is 108 Å². The van der Waals surface area contributed by atoms with E-state index in [0.717, 1.165) is 24.5 Å². The van der Waals surface area contributed by atoms with Crippen LogP contribution in [0.1, 0.15) is 41.4 Å². The molecule has 0 spiro atoms. The molecule has 2 rings (SSSR count). The number of carboxylic acid groups (broad SMARTS) is 1. The van der Waals surface area contributed by atoms with Gasteiger partial charge in [0.2, 0.25) is 0 Å². The van der Waals surface area contributed by atoms with Crippen molar-refractivity contribution in [2.75, 3.05) is 6.61 Å². The number of ether oxygens (including phenoxy) is 1. The van der Waals surface area contributed by atoms with Crippen molar-refractivity contribution in [3.63, 3.8) is 0 Å². The molecule has 0 bridgehead atoms. The van der Waals surface area contributed by atoms with Gasteiger partial charge in [-0.05, 0) is 19.8 Å². The number of rotatable bonds is 4. The minimum absolute atomic E-state index is 0.0200. The lowest BCUT2D eigenvalue weighted by Gasteiger charge is -2.07. The standard InChI is InChI=1S/C11H14N2O4S/c1-6(11(15)16)12-9(14)7-5-18-10(13-7)8-3-2-4-17-8/h5-6,8H,2-4H2,1H3,(H,12,14)(H,15,16)/t6-,8?/m1/s1. The Bertz CT molecular complexity index is 454. The zero-order valence-electron chi connectivity index (χ0n) is 9.88. The van der Waals surface area contributed by atoms with Gasteiger partial charge in [0, 0.05) is 12.0 Å². The first-order chi connectivity index (χ1) is 8.58. The quantitative estimate of drug-likeness (QED) is 0.858. The predicted molar refractivity (Wildman–Crippen MR) is 64.6 cm³/mol. The maximum Gasteiger partial charge on any atom is 0.325 e. The number of nitrogens with one attached hydrogen (secondary N) is 1. The maximum atomic E-state index is 11.7. The Morgan fingerprint density at radius 1 is 1.67 bits per heavy atom. The third-order valence-electron chi connectivity index (χ3n) is 2.68. The second kappa shape index (κ2) is 5.45. The van der Waals surface area contributed by atoms with Gasteiger partial charge in [-0.2, -0.15) is 0 Å². The lowest BCUT2D eigenvalue weighted by molar-refractivity contribution is -0.138. The SMILES string of the molecule is C[C@@H](NC(=O)c1csc(C2CCCO2)n1)C(=O)O. The summed E-state index contributed by atoms with van der Waals surface area (Å²) >= 11 is 1.37. The van der Waals surface area contributed by atoms with Gasteiger partial charge < -0.3 is 15.2 Å². The average Bonchev–Trinajstić information content (AvgIpc) is 2.99. The van der Waals surface area contributed by atoms with Crippen molar-refractivity contribution in [2.45, 2.75) is 31.9 Å². The van der Waals surface area contributed by atoms with E-state index in [2.05, 4.69) is 10.3 Å². The third-order valence-corrected chi connectivity index (χ3v) is 3.61. The summed E-state index contributed by atoms with van der Waals surface area (Å²) in [4.78, 5) is 26.5. The van der Waals surface area contributed by atoms with Crippen LogP contribution in [-0.2, 0) is 9.53 Å². The van der Waals surface area contributed by atoms with Crippen LogP contribution in [0.5, 0.6) is 0 Å². The zero-order valence-corrected chi connectivity index (χ0v) is 10.7. The first-order valence-electron chi connectivity index (χ1n) is 5.68. The zero-order chi connectivity index (χ0) is 13.1. The van der Waals surface area contributed by atoms with E-state index < -0.39 is 17.9 Å². The third kappa shape index (κ3) is 2.85. The number of aliphatic carboxylic acids is 1. The number of amides is 1. The van der Waals surface area contributed by atoms with E-state index in [9.17, 15) is 9.59 Å². The molecule has 2 N–H and O–H groups in total. The molecule has 0 aromatic carbocycles. The van der Waals surface area contributed by atoms with E-state index in [1.54, 1.807) is 5.38 Å². The molecule has 0 saturated carbocycles.